The SMILES string of the molecule is Cc1c(C(=O)Nc2c(F)cccc2N2CCCC2)cnn1-c1ccc(C(F)(F)F)cn1. The lowest BCUT2D eigenvalue weighted by Crippen LogP contribution is -2.22. The second kappa shape index (κ2) is 8.01. The number of carbonyl (C=O) groups excluding carboxylic acids is 1. The number of alkyl halides is 3. The Kier molecular flexibility index (Phi) is 5.38. The molecule has 10 heteroatoms. The number of pyridine rings is 1. The average molecular weight is 433 g/mol. The molecule has 1 aliphatic rings. The molecule has 6 nitrogen and oxygen atoms in total. The summed E-state index contributed by atoms with van der Waals surface area (Å²) in [5, 5.41) is 6.70. The van der Waals surface area contributed by atoms with Gasteiger partial charge >= 0.3 is 6.18 Å². The van der Waals surface area contributed by atoms with Crippen molar-refractivity contribution >= 4 is 17.3 Å². The zero-order valence-corrected chi connectivity index (χ0v) is 16.6. The maximum Gasteiger partial charge on any atom is 0.417 e. The second-order valence-electron chi connectivity index (χ2n) is 7.24. The third-order valence-corrected chi connectivity index (χ3v) is 5.22. The number of rotatable bonds is 4. The number of halogens is 4. The van der Waals surface area contributed by atoms with Crippen LogP contribution in [0.25, 0.3) is 5.82 Å². The number of anilines is 2. The molecule has 0 radical (unpaired) electrons. The summed E-state index contributed by atoms with van der Waals surface area (Å²) in [7, 11) is 0. The summed E-state index contributed by atoms with van der Waals surface area (Å²) in [4.78, 5) is 18.7. The van der Waals surface area contributed by atoms with Gasteiger partial charge < -0.3 is 10.2 Å². The largest absolute Gasteiger partial charge is 0.417 e. The summed E-state index contributed by atoms with van der Waals surface area (Å²) in [6.07, 6.45) is -0.521. The number of para-hydroxylation sites is 1. The van der Waals surface area contributed by atoms with E-state index in [1.165, 1.54) is 23.0 Å². The van der Waals surface area contributed by atoms with Crippen LogP contribution in [0.2, 0.25) is 0 Å². The van der Waals surface area contributed by atoms with Crippen LogP contribution in [0, 0.1) is 12.7 Å². The number of nitrogens with zero attached hydrogens (tertiary/aromatic N) is 4. The van der Waals surface area contributed by atoms with Crippen molar-refractivity contribution in [3.63, 3.8) is 0 Å². The number of carbonyl (C=O) groups is 1. The second-order valence-corrected chi connectivity index (χ2v) is 7.24. The van der Waals surface area contributed by atoms with E-state index >= 15 is 0 Å². The Morgan fingerprint density at radius 3 is 2.48 bits per heavy atom. The van der Waals surface area contributed by atoms with Gasteiger partial charge in [-0.15, -0.1) is 0 Å². The minimum Gasteiger partial charge on any atom is -0.370 e. The van der Waals surface area contributed by atoms with Gasteiger partial charge in [-0.05, 0) is 44.0 Å². The molecule has 1 amide bonds. The fourth-order valence-electron chi connectivity index (χ4n) is 3.58. The zero-order valence-electron chi connectivity index (χ0n) is 16.6. The number of amides is 1. The number of nitrogens with one attached hydrogen (secondary N) is 1. The van der Waals surface area contributed by atoms with Crippen molar-refractivity contribution in [2.45, 2.75) is 25.9 Å². The molecule has 0 aliphatic carbocycles. The summed E-state index contributed by atoms with van der Waals surface area (Å²) >= 11 is 0. The molecule has 0 atom stereocenters. The van der Waals surface area contributed by atoms with Crippen molar-refractivity contribution in [1.29, 1.82) is 0 Å². The summed E-state index contributed by atoms with van der Waals surface area (Å²) in [6.45, 7) is 3.15. The lowest BCUT2D eigenvalue weighted by Gasteiger charge is -2.22. The normalized spacial score (nSPS) is 14.2. The average Bonchev–Trinajstić information content (AvgIpc) is 3.39. The van der Waals surface area contributed by atoms with E-state index in [4.69, 9.17) is 0 Å². The maximum absolute atomic E-state index is 14.5. The molecule has 31 heavy (non-hydrogen) atoms. The van der Waals surface area contributed by atoms with E-state index in [2.05, 4.69) is 15.4 Å². The van der Waals surface area contributed by atoms with Gasteiger partial charge in [-0.2, -0.15) is 18.3 Å². The molecule has 2 aromatic heterocycles. The Bertz CT molecular complexity index is 1100. The summed E-state index contributed by atoms with van der Waals surface area (Å²) < 4.78 is 54.0. The van der Waals surface area contributed by atoms with E-state index in [9.17, 15) is 22.4 Å². The fourth-order valence-corrected chi connectivity index (χ4v) is 3.58. The molecule has 1 N–H and O–H groups in total. The minimum atomic E-state index is -4.50. The number of hydrogen-bond donors (Lipinski definition) is 1. The van der Waals surface area contributed by atoms with Gasteiger partial charge in [0, 0.05) is 19.3 Å². The fraction of sp³-hybridized carbons (Fsp3) is 0.286. The van der Waals surface area contributed by atoms with Crippen LogP contribution >= 0.6 is 0 Å². The van der Waals surface area contributed by atoms with E-state index in [0.717, 1.165) is 32.0 Å². The van der Waals surface area contributed by atoms with Gasteiger partial charge in [0.05, 0.1) is 28.7 Å². The summed E-state index contributed by atoms with van der Waals surface area (Å²) in [5.74, 6) is -0.985. The third kappa shape index (κ3) is 4.10. The molecule has 162 valence electrons. The Hall–Kier alpha value is -3.43. The first-order chi connectivity index (χ1) is 14.8. The van der Waals surface area contributed by atoms with Crippen molar-refractivity contribution in [3.05, 3.63) is 65.4 Å². The highest BCUT2D eigenvalue weighted by Gasteiger charge is 2.31. The molecule has 3 heterocycles. The van der Waals surface area contributed by atoms with E-state index < -0.39 is 23.5 Å². The molecule has 0 unspecified atom stereocenters. The Morgan fingerprint density at radius 1 is 1.10 bits per heavy atom. The minimum absolute atomic E-state index is 0.0919. The first kappa shape index (κ1) is 20.8. The highest BCUT2D eigenvalue weighted by molar-refractivity contribution is 6.06. The highest BCUT2D eigenvalue weighted by Crippen LogP contribution is 2.32. The number of benzene rings is 1. The molecular formula is C21H19F4N5O. The monoisotopic (exact) mass is 433 g/mol. The van der Waals surface area contributed by atoms with Gasteiger partial charge in [0.2, 0.25) is 0 Å². The van der Waals surface area contributed by atoms with Gasteiger partial charge in [-0.1, -0.05) is 6.07 Å². The molecule has 1 aromatic carbocycles. The first-order valence-electron chi connectivity index (χ1n) is 9.69. The molecule has 0 saturated carbocycles. The van der Waals surface area contributed by atoms with Crippen molar-refractivity contribution in [1.82, 2.24) is 14.8 Å². The molecule has 4 rings (SSSR count). The van der Waals surface area contributed by atoms with E-state index in [1.54, 1.807) is 19.1 Å². The predicted octanol–water partition coefficient (Wildman–Crippen LogP) is 4.59. The molecule has 1 aliphatic heterocycles. The Labute approximate surface area is 175 Å². The van der Waals surface area contributed by atoms with Gasteiger partial charge in [0.1, 0.15) is 11.5 Å². The predicted molar refractivity (Wildman–Crippen MR) is 107 cm³/mol. The van der Waals surface area contributed by atoms with Crippen molar-refractivity contribution in [2.24, 2.45) is 0 Å². The number of aromatic nitrogens is 3. The number of hydrogen-bond acceptors (Lipinski definition) is 4. The molecule has 1 saturated heterocycles. The summed E-state index contributed by atoms with van der Waals surface area (Å²) in [6, 6.07) is 6.69. The molecular weight excluding hydrogens is 414 g/mol. The van der Waals surface area contributed by atoms with Crippen LogP contribution < -0.4 is 10.2 Å². The van der Waals surface area contributed by atoms with E-state index in [1.807, 2.05) is 4.90 Å². The Morgan fingerprint density at radius 2 is 1.84 bits per heavy atom. The smallest absolute Gasteiger partial charge is 0.370 e. The van der Waals surface area contributed by atoms with Crippen LogP contribution in [0.5, 0.6) is 0 Å². The van der Waals surface area contributed by atoms with Gasteiger partial charge in [-0.3, -0.25) is 4.79 Å². The van der Waals surface area contributed by atoms with Crippen molar-refractivity contribution < 1.29 is 22.4 Å². The van der Waals surface area contributed by atoms with Crippen molar-refractivity contribution in [3.8, 4) is 5.82 Å². The first-order valence-corrected chi connectivity index (χ1v) is 9.69. The van der Waals surface area contributed by atoms with Crippen LogP contribution in [0.4, 0.5) is 28.9 Å². The van der Waals surface area contributed by atoms with Crippen molar-refractivity contribution in [2.75, 3.05) is 23.3 Å². The standard InChI is InChI=1S/C21H19F4N5O/c1-13-15(12-27-30(13)18-8-7-14(11-26-18)21(23,24)25)20(31)28-19-16(22)5-4-6-17(19)29-9-2-3-10-29/h4-8,11-12H,2-3,9-10H2,1H3,(H,28,31). The van der Waals surface area contributed by atoms with Crippen LogP contribution in [0.1, 0.15) is 34.5 Å². The molecule has 0 bridgehead atoms. The van der Waals surface area contributed by atoms with Gasteiger partial charge in [-0.25, -0.2) is 14.1 Å². The quantitative estimate of drug-likeness (QED) is 0.612. The molecule has 3 aromatic rings. The molecule has 0 spiro atoms. The third-order valence-electron chi connectivity index (χ3n) is 5.22. The highest BCUT2D eigenvalue weighted by atomic mass is 19.4. The van der Waals surface area contributed by atoms with Gasteiger partial charge in [0.25, 0.3) is 5.91 Å². The van der Waals surface area contributed by atoms with Crippen LogP contribution in [-0.4, -0.2) is 33.8 Å². The lowest BCUT2D eigenvalue weighted by atomic mass is 10.2. The van der Waals surface area contributed by atoms with Crippen LogP contribution in [-0.2, 0) is 6.18 Å². The zero-order chi connectivity index (χ0) is 22.2. The summed E-state index contributed by atoms with van der Waals surface area (Å²) in [5.41, 5.74) is 0.351. The molecule has 1 fully saturated rings. The van der Waals surface area contributed by atoms with Crippen LogP contribution in [0.3, 0.4) is 0 Å². The van der Waals surface area contributed by atoms with E-state index in [0.29, 0.717) is 17.6 Å². The van der Waals surface area contributed by atoms with Gasteiger partial charge in [0.15, 0.2) is 5.82 Å². The maximum atomic E-state index is 14.5. The van der Waals surface area contributed by atoms with E-state index in [-0.39, 0.29) is 17.1 Å². The Balaban J connectivity index is 1.60. The lowest BCUT2D eigenvalue weighted by molar-refractivity contribution is -0.137. The topological polar surface area (TPSA) is 63.1 Å². The van der Waals surface area contributed by atoms with Crippen LogP contribution in [0.15, 0.2) is 42.7 Å².